The molecule has 3 rings (SSSR count). The van der Waals surface area contributed by atoms with Crippen molar-refractivity contribution in [2.24, 2.45) is 0 Å². The van der Waals surface area contributed by atoms with E-state index in [0.717, 1.165) is 18.0 Å². The van der Waals surface area contributed by atoms with Gasteiger partial charge in [-0.2, -0.15) is 4.98 Å². The molecule has 1 aliphatic rings. The maximum atomic E-state index is 13.0. The molecule has 126 valence electrons. The molecule has 0 bridgehead atoms. The minimum absolute atomic E-state index is 0.106. The topological polar surface area (TPSA) is 70.6 Å². The molecule has 1 amide bonds. The van der Waals surface area contributed by atoms with Crippen molar-refractivity contribution in [2.75, 3.05) is 48.9 Å². The number of fused-ring (bicyclic) bond motifs is 1. The number of nitrogens with one attached hydrogen (secondary N) is 1. The SMILES string of the molecule is CCNc1ncc2c(n1)N(C)CCN(c1cccc(OC)c1)C2=O. The number of ether oxygens (including phenoxy) is 1. The van der Waals surface area contributed by atoms with Crippen LogP contribution in [0.15, 0.2) is 30.5 Å². The van der Waals surface area contributed by atoms with Gasteiger partial charge in [-0.05, 0) is 19.1 Å². The summed E-state index contributed by atoms with van der Waals surface area (Å²) < 4.78 is 5.26. The van der Waals surface area contributed by atoms with Crippen LogP contribution in [0.1, 0.15) is 17.3 Å². The number of nitrogens with zero attached hydrogens (tertiary/aromatic N) is 4. The van der Waals surface area contributed by atoms with Gasteiger partial charge in [-0.15, -0.1) is 0 Å². The average molecular weight is 327 g/mol. The van der Waals surface area contributed by atoms with Crippen molar-refractivity contribution in [1.29, 1.82) is 0 Å². The van der Waals surface area contributed by atoms with E-state index in [1.54, 1.807) is 18.2 Å². The highest BCUT2D eigenvalue weighted by atomic mass is 16.5. The summed E-state index contributed by atoms with van der Waals surface area (Å²) in [7, 11) is 3.55. The number of benzene rings is 1. The number of anilines is 3. The Morgan fingerprint density at radius 1 is 1.33 bits per heavy atom. The van der Waals surface area contributed by atoms with Gasteiger partial charge in [-0.25, -0.2) is 4.98 Å². The van der Waals surface area contributed by atoms with Gasteiger partial charge in [0.1, 0.15) is 17.1 Å². The summed E-state index contributed by atoms with van der Waals surface area (Å²) in [6.07, 6.45) is 1.59. The summed E-state index contributed by atoms with van der Waals surface area (Å²) in [4.78, 5) is 25.5. The third-order valence-electron chi connectivity index (χ3n) is 3.96. The predicted molar refractivity (Wildman–Crippen MR) is 94.1 cm³/mol. The molecule has 2 aromatic rings. The van der Waals surface area contributed by atoms with Gasteiger partial charge < -0.3 is 19.9 Å². The first kappa shape index (κ1) is 16.0. The van der Waals surface area contributed by atoms with Gasteiger partial charge in [0.15, 0.2) is 0 Å². The number of methoxy groups -OCH3 is 1. The smallest absolute Gasteiger partial charge is 0.263 e. The van der Waals surface area contributed by atoms with Gasteiger partial charge in [0.05, 0.1) is 7.11 Å². The Balaban J connectivity index is 2.00. The lowest BCUT2D eigenvalue weighted by molar-refractivity contribution is 0.0989. The van der Waals surface area contributed by atoms with Crippen molar-refractivity contribution in [2.45, 2.75) is 6.92 Å². The highest BCUT2D eigenvalue weighted by Crippen LogP contribution is 2.28. The van der Waals surface area contributed by atoms with Crippen LogP contribution in [-0.2, 0) is 0 Å². The number of hydrogen-bond donors (Lipinski definition) is 1. The number of rotatable bonds is 4. The third kappa shape index (κ3) is 2.97. The predicted octanol–water partition coefficient (Wildman–Crippen LogP) is 2.01. The Bertz CT molecular complexity index is 750. The number of carbonyl (C=O) groups excluding carboxylic acids is 1. The first-order chi connectivity index (χ1) is 11.6. The van der Waals surface area contributed by atoms with Crippen molar-refractivity contribution in [3.8, 4) is 5.75 Å². The van der Waals surface area contributed by atoms with Crippen LogP contribution in [0.5, 0.6) is 5.75 Å². The zero-order valence-corrected chi connectivity index (χ0v) is 14.1. The molecule has 7 nitrogen and oxygen atoms in total. The fourth-order valence-corrected chi connectivity index (χ4v) is 2.69. The lowest BCUT2D eigenvalue weighted by Gasteiger charge is -2.21. The van der Waals surface area contributed by atoms with Crippen LogP contribution < -0.4 is 19.9 Å². The molecule has 0 fully saturated rings. The molecule has 24 heavy (non-hydrogen) atoms. The summed E-state index contributed by atoms with van der Waals surface area (Å²) in [5, 5.41) is 3.08. The Kier molecular flexibility index (Phi) is 4.50. The molecule has 0 saturated carbocycles. The molecule has 0 unspecified atom stereocenters. The second-order valence-electron chi connectivity index (χ2n) is 5.54. The maximum absolute atomic E-state index is 13.0. The number of carbonyl (C=O) groups is 1. The molecule has 1 aromatic carbocycles. The molecule has 2 heterocycles. The first-order valence-corrected chi connectivity index (χ1v) is 7.92. The molecule has 0 atom stereocenters. The van der Waals surface area contributed by atoms with E-state index in [1.165, 1.54) is 0 Å². The Morgan fingerprint density at radius 3 is 2.92 bits per heavy atom. The van der Waals surface area contributed by atoms with Gasteiger partial charge in [0.25, 0.3) is 5.91 Å². The molecule has 0 saturated heterocycles. The summed E-state index contributed by atoms with van der Waals surface area (Å²) in [6, 6.07) is 7.50. The fraction of sp³-hybridized carbons (Fsp3) is 0.353. The summed E-state index contributed by atoms with van der Waals surface area (Å²) in [6.45, 7) is 3.95. The van der Waals surface area contributed by atoms with Crippen LogP contribution in [0.2, 0.25) is 0 Å². The normalized spacial score (nSPS) is 14.2. The van der Waals surface area contributed by atoms with E-state index >= 15 is 0 Å². The second-order valence-corrected chi connectivity index (χ2v) is 5.54. The number of hydrogen-bond acceptors (Lipinski definition) is 6. The van der Waals surface area contributed by atoms with Crippen LogP contribution in [0.4, 0.5) is 17.5 Å². The molecule has 1 N–H and O–H groups in total. The molecule has 1 aliphatic heterocycles. The molecular weight excluding hydrogens is 306 g/mol. The summed E-state index contributed by atoms with van der Waals surface area (Å²) in [5.41, 5.74) is 1.30. The second kappa shape index (κ2) is 6.74. The van der Waals surface area contributed by atoms with Gasteiger partial charge in [-0.3, -0.25) is 4.79 Å². The van der Waals surface area contributed by atoms with E-state index < -0.39 is 0 Å². The van der Waals surface area contributed by atoms with Crippen molar-refractivity contribution >= 4 is 23.4 Å². The van der Waals surface area contributed by atoms with E-state index in [0.29, 0.717) is 30.4 Å². The van der Waals surface area contributed by atoms with Gasteiger partial charge >= 0.3 is 0 Å². The van der Waals surface area contributed by atoms with E-state index in [4.69, 9.17) is 4.74 Å². The van der Waals surface area contributed by atoms with Gasteiger partial charge in [0.2, 0.25) is 5.95 Å². The van der Waals surface area contributed by atoms with Crippen LogP contribution in [0.25, 0.3) is 0 Å². The zero-order chi connectivity index (χ0) is 17.1. The van der Waals surface area contributed by atoms with E-state index in [1.807, 2.05) is 43.1 Å². The fourth-order valence-electron chi connectivity index (χ4n) is 2.69. The Hall–Kier alpha value is -2.83. The average Bonchev–Trinajstić information content (AvgIpc) is 2.73. The zero-order valence-electron chi connectivity index (χ0n) is 14.1. The van der Waals surface area contributed by atoms with Crippen molar-refractivity contribution < 1.29 is 9.53 Å². The van der Waals surface area contributed by atoms with Crippen LogP contribution in [0.3, 0.4) is 0 Å². The van der Waals surface area contributed by atoms with Gasteiger partial charge in [-0.1, -0.05) is 6.07 Å². The minimum Gasteiger partial charge on any atom is -0.497 e. The van der Waals surface area contributed by atoms with Gasteiger partial charge in [0, 0.05) is 44.6 Å². The van der Waals surface area contributed by atoms with E-state index in [9.17, 15) is 4.79 Å². The maximum Gasteiger partial charge on any atom is 0.263 e. The molecule has 0 aliphatic carbocycles. The van der Waals surface area contributed by atoms with Crippen molar-refractivity contribution in [3.63, 3.8) is 0 Å². The molecular formula is C17H21N5O2. The summed E-state index contributed by atoms with van der Waals surface area (Å²) >= 11 is 0. The number of likely N-dealkylation sites (N-methyl/N-ethyl adjacent to an activating group) is 1. The minimum atomic E-state index is -0.106. The third-order valence-corrected chi connectivity index (χ3v) is 3.96. The molecule has 1 aromatic heterocycles. The van der Waals surface area contributed by atoms with E-state index in [2.05, 4.69) is 15.3 Å². The molecule has 7 heteroatoms. The van der Waals surface area contributed by atoms with Crippen molar-refractivity contribution in [1.82, 2.24) is 9.97 Å². The monoisotopic (exact) mass is 327 g/mol. The van der Waals surface area contributed by atoms with Crippen molar-refractivity contribution in [3.05, 3.63) is 36.0 Å². The first-order valence-electron chi connectivity index (χ1n) is 7.92. The molecule has 0 radical (unpaired) electrons. The van der Waals surface area contributed by atoms with Crippen LogP contribution in [0, 0.1) is 0 Å². The number of amides is 1. The summed E-state index contributed by atoms with van der Waals surface area (Å²) in [5.74, 6) is 1.80. The highest BCUT2D eigenvalue weighted by molar-refractivity contribution is 6.09. The lowest BCUT2D eigenvalue weighted by Crippen LogP contribution is -2.33. The van der Waals surface area contributed by atoms with E-state index in [-0.39, 0.29) is 5.91 Å². The van der Waals surface area contributed by atoms with Crippen LogP contribution >= 0.6 is 0 Å². The Labute approximate surface area is 141 Å². The number of aromatic nitrogens is 2. The molecule has 0 spiro atoms. The lowest BCUT2D eigenvalue weighted by atomic mass is 10.2. The highest BCUT2D eigenvalue weighted by Gasteiger charge is 2.28. The van der Waals surface area contributed by atoms with Crippen LogP contribution in [-0.4, -0.2) is 49.7 Å². The standard InChI is InChI=1S/C17H21N5O2/c1-4-18-17-19-11-14-15(20-17)21(2)8-9-22(16(14)23)12-6-5-7-13(10-12)24-3/h5-7,10-11H,4,8-9H2,1-3H3,(H,18,19,20). The Morgan fingerprint density at radius 2 is 2.17 bits per heavy atom. The largest absolute Gasteiger partial charge is 0.497 e. The quantitative estimate of drug-likeness (QED) is 0.926.